The van der Waals surface area contributed by atoms with Crippen LogP contribution in [-0.2, 0) is 14.3 Å². The highest BCUT2D eigenvalue weighted by atomic mass is 35.5. The fourth-order valence-corrected chi connectivity index (χ4v) is 2.81. The van der Waals surface area contributed by atoms with Gasteiger partial charge in [-0.15, -0.1) is 0 Å². The molecule has 0 unspecified atom stereocenters. The largest absolute Gasteiger partial charge is 0.462 e. The van der Waals surface area contributed by atoms with Crippen LogP contribution in [0.1, 0.15) is 17.3 Å². The molecule has 0 bridgehead atoms. The van der Waals surface area contributed by atoms with Crippen molar-refractivity contribution in [3.63, 3.8) is 0 Å². The molecule has 0 saturated heterocycles. The summed E-state index contributed by atoms with van der Waals surface area (Å²) in [5, 5.41) is 3.21. The summed E-state index contributed by atoms with van der Waals surface area (Å²) < 4.78 is 10.1. The number of nitrogens with zero attached hydrogens (tertiary/aromatic N) is 1. The van der Waals surface area contributed by atoms with Crippen molar-refractivity contribution in [2.45, 2.75) is 6.92 Å². The van der Waals surface area contributed by atoms with Gasteiger partial charge >= 0.3 is 11.9 Å². The molecule has 2 aromatic rings. The summed E-state index contributed by atoms with van der Waals surface area (Å²) >= 11 is 6.00. The lowest BCUT2D eigenvalue weighted by Crippen LogP contribution is -2.41. The van der Waals surface area contributed by atoms with Gasteiger partial charge in [0.1, 0.15) is 6.54 Å². The summed E-state index contributed by atoms with van der Waals surface area (Å²) in [6.45, 7) is 1.92. The number of hydrogen-bond acceptors (Lipinski definition) is 6. The minimum absolute atomic E-state index is 0.0530. The Bertz CT molecular complexity index is 882. The number of carbonyl (C=O) groups is 3. The lowest BCUT2D eigenvalue weighted by molar-refractivity contribution is -0.133. The summed E-state index contributed by atoms with van der Waals surface area (Å²) in [6, 6.07) is 11.2. The summed E-state index contributed by atoms with van der Waals surface area (Å²) in [6.07, 6.45) is 0. The van der Waals surface area contributed by atoms with Crippen molar-refractivity contribution in [2.75, 3.05) is 29.9 Å². The zero-order valence-electron chi connectivity index (χ0n) is 14.5. The molecule has 140 valence electrons. The molecule has 0 atom stereocenters. The molecule has 2 aromatic carbocycles. The Morgan fingerprint density at radius 2 is 1.96 bits per heavy atom. The van der Waals surface area contributed by atoms with E-state index < -0.39 is 11.9 Å². The number of halogens is 1. The number of rotatable bonds is 5. The van der Waals surface area contributed by atoms with E-state index in [-0.39, 0.29) is 19.0 Å². The molecular formula is C19H17ClN2O5. The molecule has 0 radical (unpaired) electrons. The van der Waals surface area contributed by atoms with E-state index in [2.05, 4.69) is 5.32 Å². The Labute approximate surface area is 160 Å². The molecule has 0 spiro atoms. The van der Waals surface area contributed by atoms with Crippen LogP contribution in [0.3, 0.4) is 0 Å². The van der Waals surface area contributed by atoms with Gasteiger partial charge in [-0.05, 0) is 49.4 Å². The Balaban J connectivity index is 1.67. The standard InChI is InChI=1S/C19H17ClN2O5/c1-2-26-19(25)12-3-6-14(7-4-12)21-17(23)10-22-11-18(24)27-16-8-5-13(20)9-15(16)22/h3-9H,2,10-11H2,1H3,(H,21,23). The van der Waals surface area contributed by atoms with Crippen molar-refractivity contribution in [1.29, 1.82) is 0 Å². The Morgan fingerprint density at radius 1 is 1.22 bits per heavy atom. The maximum absolute atomic E-state index is 12.4. The number of benzene rings is 2. The smallest absolute Gasteiger partial charge is 0.338 e. The minimum Gasteiger partial charge on any atom is -0.462 e. The summed E-state index contributed by atoms with van der Waals surface area (Å²) in [7, 11) is 0. The highest BCUT2D eigenvalue weighted by molar-refractivity contribution is 6.31. The van der Waals surface area contributed by atoms with E-state index in [4.69, 9.17) is 21.1 Å². The second-order valence-electron chi connectivity index (χ2n) is 5.79. The molecule has 8 heteroatoms. The van der Waals surface area contributed by atoms with Gasteiger partial charge in [-0.25, -0.2) is 9.59 Å². The van der Waals surface area contributed by atoms with Gasteiger partial charge in [0, 0.05) is 10.7 Å². The van der Waals surface area contributed by atoms with Crippen LogP contribution >= 0.6 is 11.6 Å². The predicted molar refractivity (Wildman–Crippen MR) is 100 cm³/mol. The van der Waals surface area contributed by atoms with Crippen LogP contribution in [0.4, 0.5) is 11.4 Å². The second-order valence-corrected chi connectivity index (χ2v) is 6.22. The van der Waals surface area contributed by atoms with E-state index in [0.29, 0.717) is 34.3 Å². The van der Waals surface area contributed by atoms with Crippen LogP contribution in [0.5, 0.6) is 5.75 Å². The zero-order valence-corrected chi connectivity index (χ0v) is 15.3. The van der Waals surface area contributed by atoms with Crippen molar-refractivity contribution in [1.82, 2.24) is 0 Å². The molecular weight excluding hydrogens is 372 g/mol. The number of ether oxygens (including phenoxy) is 2. The van der Waals surface area contributed by atoms with E-state index >= 15 is 0 Å². The molecule has 0 fully saturated rings. The summed E-state index contributed by atoms with van der Waals surface area (Å²) in [5.41, 5.74) is 1.51. The number of amides is 1. The average Bonchev–Trinajstić information content (AvgIpc) is 2.63. The van der Waals surface area contributed by atoms with Crippen molar-refractivity contribution in [3.8, 4) is 5.75 Å². The third kappa shape index (κ3) is 4.57. The number of nitrogens with one attached hydrogen (secondary N) is 1. The number of carbonyl (C=O) groups excluding carboxylic acids is 3. The van der Waals surface area contributed by atoms with Gasteiger partial charge in [0.15, 0.2) is 5.75 Å². The maximum Gasteiger partial charge on any atom is 0.338 e. The lowest BCUT2D eigenvalue weighted by atomic mass is 10.2. The van der Waals surface area contributed by atoms with Crippen molar-refractivity contribution in [2.24, 2.45) is 0 Å². The average molecular weight is 389 g/mol. The van der Waals surface area contributed by atoms with Gasteiger partial charge in [0.25, 0.3) is 0 Å². The quantitative estimate of drug-likeness (QED) is 0.626. The Hall–Kier alpha value is -3.06. The molecule has 0 saturated carbocycles. The van der Waals surface area contributed by atoms with Crippen LogP contribution < -0.4 is 15.0 Å². The molecule has 1 N–H and O–H groups in total. The molecule has 1 aliphatic rings. The first-order chi connectivity index (χ1) is 13.0. The molecule has 27 heavy (non-hydrogen) atoms. The maximum atomic E-state index is 12.4. The molecule has 1 aliphatic heterocycles. The van der Waals surface area contributed by atoms with Crippen molar-refractivity contribution in [3.05, 3.63) is 53.1 Å². The molecule has 1 amide bonds. The van der Waals surface area contributed by atoms with Crippen LogP contribution in [0, 0.1) is 0 Å². The van der Waals surface area contributed by atoms with E-state index in [9.17, 15) is 14.4 Å². The van der Waals surface area contributed by atoms with Gasteiger partial charge in [0.05, 0.1) is 24.4 Å². The first-order valence-electron chi connectivity index (χ1n) is 8.28. The summed E-state index contributed by atoms with van der Waals surface area (Å²) in [5.74, 6) is -0.825. The Morgan fingerprint density at radius 3 is 2.67 bits per heavy atom. The van der Waals surface area contributed by atoms with Gasteiger partial charge in [0.2, 0.25) is 5.91 Å². The minimum atomic E-state index is -0.448. The number of esters is 2. The highest BCUT2D eigenvalue weighted by Crippen LogP contribution is 2.34. The topological polar surface area (TPSA) is 84.9 Å². The number of hydrogen-bond donors (Lipinski definition) is 1. The molecule has 1 heterocycles. The molecule has 0 aliphatic carbocycles. The second kappa shape index (κ2) is 8.09. The normalized spacial score (nSPS) is 12.8. The van der Waals surface area contributed by atoms with Gasteiger partial charge in [-0.3, -0.25) is 4.79 Å². The lowest BCUT2D eigenvalue weighted by Gasteiger charge is -2.29. The first kappa shape index (κ1) is 18.7. The summed E-state index contributed by atoms with van der Waals surface area (Å²) in [4.78, 5) is 37.4. The van der Waals surface area contributed by atoms with E-state index in [0.717, 1.165) is 0 Å². The fourth-order valence-electron chi connectivity index (χ4n) is 2.64. The van der Waals surface area contributed by atoms with Crippen LogP contribution in [0.2, 0.25) is 5.02 Å². The van der Waals surface area contributed by atoms with Crippen LogP contribution in [0.15, 0.2) is 42.5 Å². The third-order valence-electron chi connectivity index (χ3n) is 3.82. The fraction of sp³-hybridized carbons (Fsp3) is 0.211. The van der Waals surface area contributed by atoms with E-state index in [1.807, 2.05) is 0 Å². The zero-order chi connectivity index (χ0) is 19.4. The van der Waals surface area contributed by atoms with Gasteiger partial charge in [-0.2, -0.15) is 0 Å². The van der Waals surface area contributed by atoms with Crippen LogP contribution in [0.25, 0.3) is 0 Å². The van der Waals surface area contributed by atoms with Gasteiger partial charge in [-0.1, -0.05) is 11.6 Å². The Kier molecular flexibility index (Phi) is 5.61. The number of fused-ring (bicyclic) bond motifs is 1. The molecule has 0 aromatic heterocycles. The molecule has 7 nitrogen and oxygen atoms in total. The number of anilines is 2. The van der Waals surface area contributed by atoms with Crippen molar-refractivity contribution >= 4 is 40.8 Å². The highest BCUT2D eigenvalue weighted by Gasteiger charge is 2.26. The van der Waals surface area contributed by atoms with E-state index in [1.54, 1.807) is 54.3 Å². The van der Waals surface area contributed by atoms with Crippen molar-refractivity contribution < 1.29 is 23.9 Å². The predicted octanol–water partition coefficient (Wildman–Crippen LogP) is 2.88. The SMILES string of the molecule is CCOC(=O)c1ccc(NC(=O)CN2CC(=O)Oc3ccc(Cl)cc32)cc1. The molecule has 3 rings (SSSR count). The third-order valence-corrected chi connectivity index (χ3v) is 4.05. The van der Waals surface area contributed by atoms with Crippen LogP contribution in [-0.4, -0.2) is 37.5 Å². The monoisotopic (exact) mass is 388 g/mol. The van der Waals surface area contributed by atoms with Gasteiger partial charge < -0.3 is 19.7 Å². The van der Waals surface area contributed by atoms with E-state index in [1.165, 1.54) is 0 Å². The first-order valence-corrected chi connectivity index (χ1v) is 8.66.